The number of amides is 1. The number of aromatic nitrogens is 2. The Morgan fingerprint density at radius 2 is 2.32 bits per heavy atom. The fourth-order valence-electron chi connectivity index (χ4n) is 3.33. The maximum absolute atomic E-state index is 12.7. The van der Waals surface area contributed by atoms with E-state index < -0.39 is 0 Å². The van der Waals surface area contributed by atoms with Crippen LogP contribution in [-0.4, -0.2) is 58.3 Å². The van der Waals surface area contributed by atoms with Gasteiger partial charge in [0.05, 0.1) is 6.04 Å². The molecule has 124 valence electrons. The van der Waals surface area contributed by atoms with Crippen molar-refractivity contribution in [2.45, 2.75) is 37.8 Å². The van der Waals surface area contributed by atoms with Crippen molar-refractivity contribution >= 4 is 30.1 Å². The fraction of sp³-hybridized carbons (Fsp3) is 0.733. The summed E-state index contributed by atoms with van der Waals surface area (Å²) in [6, 6.07) is 2.65. The van der Waals surface area contributed by atoms with Gasteiger partial charge >= 0.3 is 0 Å². The summed E-state index contributed by atoms with van der Waals surface area (Å²) in [5.74, 6) is 1.13. The Hall–Kier alpha value is -0.720. The first-order chi connectivity index (χ1) is 10.3. The molecule has 0 spiro atoms. The van der Waals surface area contributed by atoms with Crippen molar-refractivity contribution in [2.75, 3.05) is 31.6 Å². The molecule has 1 aromatic rings. The topological polar surface area (TPSA) is 50.2 Å². The highest BCUT2D eigenvalue weighted by molar-refractivity contribution is 7.98. The van der Waals surface area contributed by atoms with Crippen molar-refractivity contribution in [2.24, 2.45) is 0 Å². The van der Waals surface area contributed by atoms with Gasteiger partial charge in [-0.05, 0) is 44.6 Å². The zero-order valence-electron chi connectivity index (χ0n) is 13.0. The number of halogens is 1. The molecule has 3 rings (SSSR count). The van der Waals surface area contributed by atoms with Crippen LogP contribution in [0, 0.1) is 0 Å². The predicted molar refractivity (Wildman–Crippen MR) is 93.1 cm³/mol. The zero-order valence-corrected chi connectivity index (χ0v) is 14.7. The zero-order chi connectivity index (χ0) is 14.7. The van der Waals surface area contributed by atoms with E-state index in [1.165, 1.54) is 6.42 Å². The molecule has 0 aromatic carbocycles. The van der Waals surface area contributed by atoms with Crippen LogP contribution in [0.4, 0.5) is 0 Å². The van der Waals surface area contributed by atoms with Gasteiger partial charge in [-0.1, -0.05) is 0 Å². The van der Waals surface area contributed by atoms with E-state index in [2.05, 4.69) is 16.7 Å². The Morgan fingerprint density at radius 3 is 3.05 bits per heavy atom. The van der Waals surface area contributed by atoms with Crippen LogP contribution in [0.15, 0.2) is 12.3 Å². The van der Waals surface area contributed by atoms with Gasteiger partial charge in [-0.15, -0.1) is 12.4 Å². The standard InChI is InChI=1S/C15H24N4OS.ClH/c1-21-11-13-5-3-8-18(13)15(20)14-6-9-19(17-14)12-4-2-7-16-10-12;/h6,9,12-13,16H,2-5,7-8,10-11H2,1H3;1H. The number of piperidine rings is 1. The molecule has 0 radical (unpaired) electrons. The van der Waals surface area contributed by atoms with Crippen LogP contribution < -0.4 is 5.32 Å². The van der Waals surface area contributed by atoms with E-state index in [4.69, 9.17) is 0 Å². The number of carbonyl (C=O) groups is 1. The van der Waals surface area contributed by atoms with Crippen molar-refractivity contribution in [3.05, 3.63) is 18.0 Å². The van der Waals surface area contributed by atoms with Crippen LogP contribution >= 0.6 is 24.2 Å². The minimum atomic E-state index is 0. The predicted octanol–water partition coefficient (Wildman–Crippen LogP) is 2.20. The van der Waals surface area contributed by atoms with Crippen molar-refractivity contribution < 1.29 is 4.79 Å². The largest absolute Gasteiger partial charge is 0.333 e. The molecule has 5 nitrogen and oxygen atoms in total. The van der Waals surface area contributed by atoms with Gasteiger partial charge in [-0.25, -0.2) is 0 Å². The molecular weight excluding hydrogens is 320 g/mol. The highest BCUT2D eigenvalue weighted by Gasteiger charge is 2.30. The number of likely N-dealkylation sites (tertiary alicyclic amines) is 1. The second-order valence-corrected chi connectivity index (χ2v) is 6.84. The van der Waals surface area contributed by atoms with Crippen LogP contribution in [0.1, 0.15) is 42.2 Å². The fourth-order valence-corrected chi connectivity index (χ4v) is 4.06. The minimum Gasteiger partial charge on any atom is -0.333 e. The highest BCUT2D eigenvalue weighted by Crippen LogP contribution is 2.23. The lowest BCUT2D eigenvalue weighted by Gasteiger charge is -2.24. The summed E-state index contributed by atoms with van der Waals surface area (Å²) >= 11 is 1.82. The first-order valence-corrected chi connectivity index (χ1v) is 9.25. The van der Waals surface area contributed by atoms with E-state index in [-0.39, 0.29) is 18.3 Å². The second-order valence-electron chi connectivity index (χ2n) is 5.93. The van der Waals surface area contributed by atoms with Crippen LogP contribution in [0.3, 0.4) is 0 Å². The molecule has 0 saturated carbocycles. The highest BCUT2D eigenvalue weighted by atomic mass is 35.5. The van der Waals surface area contributed by atoms with Gasteiger partial charge < -0.3 is 10.2 Å². The monoisotopic (exact) mass is 344 g/mol. The normalized spacial score (nSPS) is 25.0. The molecule has 2 unspecified atom stereocenters. The number of hydrogen-bond donors (Lipinski definition) is 1. The van der Waals surface area contributed by atoms with Gasteiger partial charge in [0, 0.05) is 31.1 Å². The van der Waals surface area contributed by atoms with Gasteiger partial charge in [-0.2, -0.15) is 16.9 Å². The Balaban J connectivity index is 0.00000176. The third kappa shape index (κ3) is 3.78. The first kappa shape index (κ1) is 17.6. The maximum Gasteiger partial charge on any atom is 0.274 e. The lowest BCUT2D eigenvalue weighted by atomic mass is 10.1. The lowest BCUT2D eigenvalue weighted by Crippen LogP contribution is -2.37. The van der Waals surface area contributed by atoms with Crippen LogP contribution in [0.2, 0.25) is 0 Å². The number of carbonyl (C=O) groups excluding carboxylic acids is 1. The van der Waals surface area contributed by atoms with Gasteiger partial charge in [0.1, 0.15) is 5.69 Å². The SMILES string of the molecule is CSCC1CCCN1C(=O)c1ccn(C2CCCNC2)n1.Cl. The Labute approximate surface area is 142 Å². The molecule has 1 aromatic heterocycles. The summed E-state index contributed by atoms with van der Waals surface area (Å²) in [4.78, 5) is 14.7. The second kappa shape index (κ2) is 8.22. The molecule has 2 aliphatic heterocycles. The molecule has 0 bridgehead atoms. The van der Waals surface area contributed by atoms with E-state index >= 15 is 0 Å². The summed E-state index contributed by atoms with van der Waals surface area (Å²) in [7, 11) is 0. The molecule has 2 atom stereocenters. The molecule has 22 heavy (non-hydrogen) atoms. The van der Waals surface area contributed by atoms with Crippen LogP contribution in [0.25, 0.3) is 0 Å². The summed E-state index contributed by atoms with van der Waals surface area (Å²) in [5, 5.41) is 7.94. The van der Waals surface area contributed by atoms with Crippen molar-refractivity contribution in [3.63, 3.8) is 0 Å². The average molecular weight is 345 g/mol. The van der Waals surface area contributed by atoms with Crippen molar-refractivity contribution in [3.8, 4) is 0 Å². The summed E-state index contributed by atoms with van der Waals surface area (Å²) in [6.45, 7) is 2.92. The molecule has 2 aliphatic rings. The molecule has 3 heterocycles. The third-order valence-electron chi connectivity index (χ3n) is 4.47. The number of nitrogens with one attached hydrogen (secondary N) is 1. The number of thioether (sulfide) groups is 1. The van der Waals surface area contributed by atoms with E-state index in [0.29, 0.717) is 17.8 Å². The third-order valence-corrected chi connectivity index (χ3v) is 5.19. The van der Waals surface area contributed by atoms with E-state index in [1.807, 2.05) is 33.6 Å². The average Bonchev–Trinajstić information content (AvgIpc) is 3.17. The molecule has 1 amide bonds. The summed E-state index contributed by atoms with van der Waals surface area (Å²) in [6.07, 6.45) is 8.62. The molecule has 1 N–H and O–H groups in total. The van der Waals surface area contributed by atoms with Gasteiger partial charge in [0.25, 0.3) is 5.91 Å². The Bertz CT molecular complexity index is 490. The van der Waals surface area contributed by atoms with Crippen molar-refractivity contribution in [1.82, 2.24) is 20.0 Å². The van der Waals surface area contributed by atoms with Crippen LogP contribution in [0.5, 0.6) is 0 Å². The van der Waals surface area contributed by atoms with Crippen LogP contribution in [-0.2, 0) is 0 Å². The number of rotatable bonds is 4. The summed E-state index contributed by atoms with van der Waals surface area (Å²) < 4.78 is 1.97. The van der Waals surface area contributed by atoms with Gasteiger partial charge in [-0.3, -0.25) is 9.48 Å². The molecule has 7 heteroatoms. The number of nitrogens with zero attached hydrogens (tertiary/aromatic N) is 3. The smallest absolute Gasteiger partial charge is 0.274 e. The number of hydrogen-bond acceptors (Lipinski definition) is 4. The molecular formula is C15H25ClN4OS. The lowest BCUT2D eigenvalue weighted by molar-refractivity contribution is 0.0742. The minimum absolute atomic E-state index is 0. The quantitative estimate of drug-likeness (QED) is 0.909. The Kier molecular flexibility index (Phi) is 6.59. The van der Waals surface area contributed by atoms with Crippen molar-refractivity contribution in [1.29, 1.82) is 0 Å². The molecule has 2 fully saturated rings. The van der Waals surface area contributed by atoms with Gasteiger partial charge in [0.2, 0.25) is 0 Å². The van der Waals surface area contributed by atoms with E-state index in [9.17, 15) is 4.79 Å². The molecule has 0 aliphatic carbocycles. The first-order valence-electron chi connectivity index (χ1n) is 7.85. The molecule has 2 saturated heterocycles. The van der Waals surface area contributed by atoms with Gasteiger partial charge in [0.15, 0.2) is 0 Å². The maximum atomic E-state index is 12.7. The van der Waals surface area contributed by atoms with E-state index in [1.54, 1.807) is 0 Å². The van der Waals surface area contributed by atoms with E-state index in [0.717, 1.165) is 44.6 Å². The Morgan fingerprint density at radius 1 is 1.45 bits per heavy atom. The summed E-state index contributed by atoms with van der Waals surface area (Å²) in [5.41, 5.74) is 0.605.